The predicted molar refractivity (Wildman–Crippen MR) is 61.5 cm³/mol. The van der Waals surface area contributed by atoms with Crippen molar-refractivity contribution in [1.29, 1.82) is 0 Å². The van der Waals surface area contributed by atoms with Crippen molar-refractivity contribution in [2.75, 3.05) is 13.2 Å². The van der Waals surface area contributed by atoms with Gasteiger partial charge in [0.25, 0.3) is 5.91 Å². The van der Waals surface area contributed by atoms with Crippen molar-refractivity contribution in [3.8, 4) is 0 Å². The summed E-state index contributed by atoms with van der Waals surface area (Å²) in [7, 11) is 0. The first-order valence-electron chi connectivity index (χ1n) is 6.02. The number of amides is 1. The van der Waals surface area contributed by atoms with Crippen LogP contribution in [0, 0.1) is 18.8 Å². The molecule has 0 aromatic carbocycles. The van der Waals surface area contributed by atoms with Crippen LogP contribution in [-0.4, -0.2) is 29.3 Å². The van der Waals surface area contributed by atoms with Gasteiger partial charge in [-0.3, -0.25) is 4.79 Å². The first-order valence-corrected chi connectivity index (χ1v) is 6.02. The van der Waals surface area contributed by atoms with E-state index in [0.29, 0.717) is 29.7 Å². The Labute approximate surface area is 100 Å². The summed E-state index contributed by atoms with van der Waals surface area (Å²) in [6.45, 7) is 2.55. The van der Waals surface area contributed by atoms with Crippen molar-refractivity contribution >= 4 is 5.91 Å². The maximum Gasteiger partial charge on any atom is 0.256 e. The molecule has 5 nitrogen and oxygen atoms in total. The maximum absolute atomic E-state index is 11.8. The van der Waals surface area contributed by atoms with Gasteiger partial charge in [0.1, 0.15) is 11.3 Å². The zero-order chi connectivity index (χ0) is 12.3. The molecule has 1 saturated carbocycles. The fraction of sp³-hybridized carbons (Fsp3) is 0.667. The van der Waals surface area contributed by atoms with E-state index in [1.165, 1.54) is 6.20 Å². The molecule has 1 aromatic rings. The summed E-state index contributed by atoms with van der Waals surface area (Å²) in [6.07, 6.45) is 4.71. The number of aromatic nitrogens is 1. The van der Waals surface area contributed by atoms with Crippen LogP contribution >= 0.6 is 0 Å². The third kappa shape index (κ3) is 2.66. The van der Waals surface area contributed by atoms with Gasteiger partial charge in [-0.1, -0.05) is 11.6 Å². The summed E-state index contributed by atoms with van der Waals surface area (Å²) in [5.41, 5.74) is 0.489. The SMILES string of the molecule is Cc1oncc1C(=O)NCC1CCCC1CO. The Balaban J connectivity index is 1.86. The lowest BCUT2D eigenvalue weighted by Gasteiger charge is -2.17. The molecule has 1 aliphatic carbocycles. The van der Waals surface area contributed by atoms with E-state index >= 15 is 0 Å². The van der Waals surface area contributed by atoms with Crippen molar-refractivity contribution in [1.82, 2.24) is 10.5 Å². The number of carbonyl (C=O) groups excluding carboxylic acids is 1. The molecule has 1 aliphatic rings. The molecule has 0 bridgehead atoms. The highest BCUT2D eigenvalue weighted by molar-refractivity contribution is 5.94. The molecule has 2 rings (SSSR count). The number of aliphatic hydroxyl groups excluding tert-OH is 1. The van der Waals surface area contributed by atoms with Gasteiger partial charge in [-0.2, -0.15) is 0 Å². The zero-order valence-corrected chi connectivity index (χ0v) is 9.98. The van der Waals surface area contributed by atoms with Gasteiger partial charge in [0.05, 0.1) is 6.20 Å². The minimum absolute atomic E-state index is 0.146. The first kappa shape index (κ1) is 12.1. The standard InChI is InChI=1S/C12H18N2O3/c1-8-11(6-14-17-8)12(16)13-5-9-3-2-4-10(9)7-15/h6,9-10,15H,2-5,7H2,1H3,(H,13,16). The molecule has 94 valence electrons. The summed E-state index contributed by atoms with van der Waals surface area (Å²) in [5.74, 6) is 1.11. The predicted octanol–water partition coefficient (Wildman–Crippen LogP) is 1.12. The maximum atomic E-state index is 11.8. The lowest BCUT2D eigenvalue weighted by Crippen LogP contribution is -2.31. The number of carbonyl (C=O) groups is 1. The van der Waals surface area contributed by atoms with E-state index in [9.17, 15) is 9.90 Å². The zero-order valence-electron chi connectivity index (χ0n) is 9.98. The molecule has 1 amide bonds. The van der Waals surface area contributed by atoms with Crippen LogP contribution in [0.5, 0.6) is 0 Å². The second kappa shape index (κ2) is 5.31. The van der Waals surface area contributed by atoms with Gasteiger partial charge >= 0.3 is 0 Å². The second-order valence-corrected chi connectivity index (χ2v) is 4.64. The molecule has 0 aliphatic heterocycles. The molecule has 2 atom stereocenters. The average molecular weight is 238 g/mol. The molecule has 1 heterocycles. The number of rotatable bonds is 4. The molecule has 1 fully saturated rings. The fourth-order valence-electron chi connectivity index (χ4n) is 2.46. The molecule has 17 heavy (non-hydrogen) atoms. The Kier molecular flexibility index (Phi) is 3.78. The lowest BCUT2D eigenvalue weighted by molar-refractivity contribution is 0.0936. The van der Waals surface area contributed by atoms with Gasteiger partial charge in [-0.05, 0) is 31.6 Å². The van der Waals surface area contributed by atoms with Gasteiger partial charge in [0.15, 0.2) is 0 Å². The highest BCUT2D eigenvalue weighted by Gasteiger charge is 2.27. The summed E-state index contributed by atoms with van der Waals surface area (Å²) in [5, 5.41) is 15.7. The van der Waals surface area contributed by atoms with Gasteiger partial charge in [0.2, 0.25) is 0 Å². The van der Waals surface area contributed by atoms with Crippen molar-refractivity contribution < 1.29 is 14.4 Å². The largest absolute Gasteiger partial charge is 0.396 e. The quantitative estimate of drug-likeness (QED) is 0.824. The number of nitrogens with zero attached hydrogens (tertiary/aromatic N) is 1. The second-order valence-electron chi connectivity index (χ2n) is 4.64. The molecule has 2 N–H and O–H groups in total. The Bertz CT molecular complexity index is 389. The van der Waals surface area contributed by atoms with Crippen LogP contribution in [0.25, 0.3) is 0 Å². The number of aryl methyl sites for hydroxylation is 1. The Morgan fingerprint density at radius 2 is 2.35 bits per heavy atom. The average Bonchev–Trinajstić information content (AvgIpc) is 2.94. The summed E-state index contributed by atoms with van der Waals surface area (Å²) >= 11 is 0. The van der Waals surface area contributed by atoms with Crippen LogP contribution in [0.15, 0.2) is 10.7 Å². The summed E-state index contributed by atoms with van der Waals surface area (Å²) in [6, 6.07) is 0. The molecule has 5 heteroatoms. The number of aliphatic hydroxyl groups is 1. The Hall–Kier alpha value is -1.36. The number of nitrogens with one attached hydrogen (secondary N) is 1. The van der Waals surface area contributed by atoms with Crippen molar-refractivity contribution in [3.63, 3.8) is 0 Å². The monoisotopic (exact) mass is 238 g/mol. The van der Waals surface area contributed by atoms with Crippen molar-refractivity contribution in [2.24, 2.45) is 11.8 Å². The molecule has 1 aromatic heterocycles. The smallest absolute Gasteiger partial charge is 0.256 e. The van der Waals surface area contributed by atoms with Gasteiger partial charge in [-0.25, -0.2) is 0 Å². The van der Waals surface area contributed by atoms with E-state index in [1.807, 2.05) is 0 Å². The third-order valence-corrected chi connectivity index (χ3v) is 3.57. The van der Waals surface area contributed by atoms with E-state index < -0.39 is 0 Å². The highest BCUT2D eigenvalue weighted by atomic mass is 16.5. The summed E-state index contributed by atoms with van der Waals surface area (Å²) in [4.78, 5) is 11.8. The molecule has 0 saturated heterocycles. The van der Waals surface area contributed by atoms with E-state index in [4.69, 9.17) is 4.52 Å². The fourth-order valence-corrected chi connectivity index (χ4v) is 2.46. The minimum atomic E-state index is -0.146. The lowest BCUT2D eigenvalue weighted by atomic mass is 9.97. The number of hydrogen-bond acceptors (Lipinski definition) is 4. The van der Waals surface area contributed by atoms with Crippen LogP contribution < -0.4 is 5.32 Å². The van der Waals surface area contributed by atoms with Gasteiger partial charge in [-0.15, -0.1) is 0 Å². The van der Waals surface area contributed by atoms with E-state index in [2.05, 4.69) is 10.5 Å². The van der Waals surface area contributed by atoms with Crippen LogP contribution in [-0.2, 0) is 0 Å². The van der Waals surface area contributed by atoms with Gasteiger partial charge < -0.3 is 14.9 Å². The molecule has 0 spiro atoms. The topological polar surface area (TPSA) is 75.4 Å². The third-order valence-electron chi connectivity index (χ3n) is 3.57. The van der Waals surface area contributed by atoms with Crippen LogP contribution in [0.1, 0.15) is 35.4 Å². The van der Waals surface area contributed by atoms with Crippen LogP contribution in [0.3, 0.4) is 0 Å². The summed E-state index contributed by atoms with van der Waals surface area (Å²) < 4.78 is 4.85. The van der Waals surface area contributed by atoms with Crippen molar-refractivity contribution in [3.05, 3.63) is 17.5 Å². The van der Waals surface area contributed by atoms with Crippen LogP contribution in [0.4, 0.5) is 0 Å². The minimum Gasteiger partial charge on any atom is -0.396 e. The highest BCUT2D eigenvalue weighted by Crippen LogP contribution is 2.30. The van der Waals surface area contributed by atoms with Crippen LogP contribution in [0.2, 0.25) is 0 Å². The normalized spacial score (nSPS) is 23.9. The first-order chi connectivity index (χ1) is 8.22. The van der Waals surface area contributed by atoms with Crippen molar-refractivity contribution in [2.45, 2.75) is 26.2 Å². The molecular formula is C12H18N2O3. The molecule has 2 unspecified atom stereocenters. The van der Waals surface area contributed by atoms with E-state index in [0.717, 1.165) is 19.3 Å². The molecular weight excluding hydrogens is 220 g/mol. The van der Waals surface area contributed by atoms with E-state index in [1.54, 1.807) is 6.92 Å². The molecule has 0 radical (unpaired) electrons. The Morgan fingerprint density at radius 3 is 3.00 bits per heavy atom. The van der Waals surface area contributed by atoms with Gasteiger partial charge in [0, 0.05) is 13.2 Å². The Morgan fingerprint density at radius 1 is 1.59 bits per heavy atom. The van der Waals surface area contributed by atoms with E-state index in [-0.39, 0.29) is 12.5 Å². The number of hydrogen-bond donors (Lipinski definition) is 2.